The van der Waals surface area contributed by atoms with E-state index in [1.807, 2.05) is 0 Å². The Hall–Kier alpha value is -1.40. The molecule has 2 rings (SSSR count). The van der Waals surface area contributed by atoms with Gasteiger partial charge in [-0.05, 0) is 44.2 Å². The zero-order valence-corrected chi connectivity index (χ0v) is 14.3. The molecule has 1 saturated heterocycles. The van der Waals surface area contributed by atoms with E-state index in [1.165, 1.54) is 12.1 Å². The monoisotopic (exact) mass is 358 g/mol. The molecule has 1 unspecified atom stereocenters. The molecule has 3 nitrogen and oxygen atoms in total. The van der Waals surface area contributed by atoms with Crippen molar-refractivity contribution in [1.29, 1.82) is 0 Å². The predicted molar refractivity (Wildman–Crippen MR) is 88.4 cm³/mol. The Morgan fingerprint density at radius 3 is 2.44 bits per heavy atom. The molecule has 140 valence electrons. The Bertz CT molecular complexity index is 520. The van der Waals surface area contributed by atoms with Crippen LogP contribution in [0.15, 0.2) is 24.3 Å². The van der Waals surface area contributed by atoms with Gasteiger partial charge in [-0.2, -0.15) is 13.2 Å². The summed E-state index contributed by atoms with van der Waals surface area (Å²) in [5.41, 5.74) is -0.392. The van der Waals surface area contributed by atoms with Crippen molar-refractivity contribution < 1.29 is 27.4 Å². The average Bonchev–Trinajstić information content (AvgIpc) is 2.61. The third-order valence-electron chi connectivity index (χ3n) is 4.27. The Balaban J connectivity index is 1.56. The van der Waals surface area contributed by atoms with Gasteiger partial charge in [-0.15, -0.1) is 0 Å². The fourth-order valence-corrected chi connectivity index (χ4v) is 2.79. The maximum atomic E-state index is 12.5. The number of halogens is 3. The van der Waals surface area contributed by atoms with Gasteiger partial charge < -0.3 is 9.47 Å². The molecule has 0 aromatic heterocycles. The molecule has 1 aromatic carbocycles. The number of Topliss-reactive ketones (excluding diaryl/α,β-unsaturated/α-hetero) is 1. The van der Waals surface area contributed by atoms with E-state index < -0.39 is 11.7 Å². The van der Waals surface area contributed by atoms with Gasteiger partial charge >= 0.3 is 6.18 Å². The number of ketones is 1. The van der Waals surface area contributed by atoms with Gasteiger partial charge in [0.2, 0.25) is 0 Å². The lowest BCUT2D eigenvalue weighted by Gasteiger charge is -2.22. The Kier molecular flexibility index (Phi) is 7.90. The highest BCUT2D eigenvalue weighted by Crippen LogP contribution is 2.29. The van der Waals surface area contributed by atoms with Crippen molar-refractivity contribution >= 4 is 5.78 Å². The van der Waals surface area contributed by atoms with Gasteiger partial charge in [0.05, 0.1) is 5.56 Å². The lowest BCUT2D eigenvalue weighted by Crippen LogP contribution is -2.22. The highest BCUT2D eigenvalue weighted by molar-refractivity contribution is 5.96. The minimum atomic E-state index is -4.37. The van der Waals surface area contributed by atoms with E-state index in [1.54, 1.807) is 0 Å². The van der Waals surface area contributed by atoms with Crippen LogP contribution in [0, 0.1) is 0 Å². The van der Waals surface area contributed by atoms with Gasteiger partial charge in [0.1, 0.15) is 0 Å². The van der Waals surface area contributed by atoms with Crippen molar-refractivity contribution in [2.75, 3.05) is 13.2 Å². The first-order valence-corrected chi connectivity index (χ1v) is 8.90. The lowest BCUT2D eigenvalue weighted by molar-refractivity contribution is -0.162. The highest BCUT2D eigenvalue weighted by atomic mass is 19.4. The summed E-state index contributed by atoms with van der Waals surface area (Å²) in [4.78, 5) is 12.0. The molecule has 0 spiro atoms. The van der Waals surface area contributed by atoms with Gasteiger partial charge in [0.15, 0.2) is 12.1 Å². The molecule has 0 N–H and O–H groups in total. The zero-order chi connectivity index (χ0) is 18.1. The average molecular weight is 358 g/mol. The van der Waals surface area contributed by atoms with Gasteiger partial charge in [0.25, 0.3) is 0 Å². The molecule has 1 heterocycles. The highest BCUT2D eigenvalue weighted by Gasteiger charge is 2.30. The van der Waals surface area contributed by atoms with Gasteiger partial charge in [0, 0.05) is 25.2 Å². The standard InChI is InChI=1S/C19H25F3O3/c20-19(21,22)16-11-9-15(10-12-16)17(23)7-3-1-2-5-13-24-18-8-4-6-14-25-18/h9-12,18H,1-8,13-14H2. The SMILES string of the molecule is O=C(CCCCCCOC1CCCCO1)c1ccc(C(F)(F)F)cc1. The normalized spacial score (nSPS) is 18.3. The molecule has 0 saturated carbocycles. The summed E-state index contributed by atoms with van der Waals surface area (Å²) in [6.07, 6.45) is 2.67. The molecule has 1 aromatic rings. The number of ether oxygens (including phenoxy) is 2. The third-order valence-corrected chi connectivity index (χ3v) is 4.27. The molecule has 1 aliphatic rings. The maximum absolute atomic E-state index is 12.5. The Morgan fingerprint density at radius 1 is 1.08 bits per heavy atom. The molecule has 0 amide bonds. The first-order valence-electron chi connectivity index (χ1n) is 8.90. The number of unbranched alkanes of at least 4 members (excludes halogenated alkanes) is 3. The van der Waals surface area contributed by atoms with Crippen molar-refractivity contribution in [2.24, 2.45) is 0 Å². The number of hydrogen-bond acceptors (Lipinski definition) is 3. The number of benzene rings is 1. The molecule has 25 heavy (non-hydrogen) atoms. The van der Waals surface area contributed by atoms with Crippen molar-refractivity contribution in [3.63, 3.8) is 0 Å². The Morgan fingerprint density at radius 2 is 1.80 bits per heavy atom. The molecule has 0 radical (unpaired) electrons. The smallest absolute Gasteiger partial charge is 0.353 e. The molecule has 0 aliphatic carbocycles. The predicted octanol–water partition coefficient (Wildman–Crippen LogP) is 5.38. The molecule has 1 fully saturated rings. The largest absolute Gasteiger partial charge is 0.416 e. The summed E-state index contributed by atoms with van der Waals surface area (Å²) in [5, 5.41) is 0. The summed E-state index contributed by atoms with van der Waals surface area (Å²) >= 11 is 0. The summed E-state index contributed by atoms with van der Waals surface area (Å²) in [5.74, 6) is -0.111. The van der Waals surface area contributed by atoms with Crippen LogP contribution in [0.3, 0.4) is 0 Å². The number of alkyl halides is 3. The summed E-state index contributed by atoms with van der Waals surface area (Å²) in [6.45, 7) is 1.44. The van der Waals surface area contributed by atoms with E-state index in [-0.39, 0.29) is 12.1 Å². The minimum absolute atomic E-state index is 0.0602. The molecule has 1 atom stereocenters. The fraction of sp³-hybridized carbons (Fsp3) is 0.632. The molecular weight excluding hydrogens is 333 g/mol. The van der Waals surface area contributed by atoms with Crippen LogP contribution in [-0.2, 0) is 15.7 Å². The van der Waals surface area contributed by atoms with Gasteiger partial charge in [-0.25, -0.2) is 0 Å². The molecule has 6 heteroatoms. The molecular formula is C19H25F3O3. The van der Waals surface area contributed by atoms with Gasteiger partial charge in [-0.1, -0.05) is 25.0 Å². The second-order valence-electron chi connectivity index (χ2n) is 6.33. The maximum Gasteiger partial charge on any atom is 0.416 e. The van der Waals surface area contributed by atoms with Crippen molar-refractivity contribution in [3.05, 3.63) is 35.4 Å². The van der Waals surface area contributed by atoms with Crippen LogP contribution in [0.25, 0.3) is 0 Å². The van der Waals surface area contributed by atoms with Crippen LogP contribution in [0.1, 0.15) is 67.3 Å². The Labute approximate surface area is 146 Å². The topological polar surface area (TPSA) is 35.5 Å². The van der Waals surface area contributed by atoms with Crippen molar-refractivity contribution in [3.8, 4) is 0 Å². The van der Waals surface area contributed by atoms with Crippen LogP contribution in [0.5, 0.6) is 0 Å². The van der Waals surface area contributed by atoms with Crippen molar-refractivity contribution in [1.82, 2.24) is 0 Å². The number of rotatable bonds is 9. The van der Waals surface area contributed by atoms with Crippen LogP contribution < -0.4 is 0 Å². The van der Waals surface area contributed by atoms with Crippen molar-refractivity contribution in [2.45, 2.75) is 63.8 Å². The minimum Gasteiger partial charge on any atom is -0.353 e. The van der Waals surface area contributed by atoms with E-state index in [9.17, 15) is 18.0 Å². The summed E-state index contributed by atoms with van der Waals surface area (Å²) in [6, 6.07) is 4.42. The van der Waals surface area contributed by atoms with Crippen LogP contribution in [0.2, 0.25) is 0 Å². The quantitative estimate of drug-likeness (QED) is 0.439. The summed E-state index contributed by atoms with van der Waals surface area (Å²) < 4.78 is 48.6. The second kappa shape index (κ2) is 9.92. The van der Waals surface area contributed by atoms with E-state index >= 15 is 0 Å². The number of carbonyl (C=O) groups excluding carboxylic acids is 1. The third kappa shape index (κ3) is 7.16. The fourth-order valence-electron chi connectivity index (χ4n) is 2.79. The van der Waals surface area contributed by atoms with E-state index in [0.29, 0.717) is 18.6 Å². The second-order valence-corrected chi connectivity index (χ2v) is 6.33. The number of hydrogen-bond donors (Lipinski definition) is 0. The van der Waals surface area contributed by atoms with Crippen LogP contribution in [0.4, 0.5) is 13.2 Å². The van der Waals surface area contributed by atoms with E-state index in [4.69, 9.17) is 9.47 Å². The molecule has 0 bridgehead atoms. The lowest BCUT2D eigenvalue weighted by atomic mass is 10.0. The number of carbonyl (C=O) groups is 1. The zero-order valence-electron chi connectivity index (χ0n) is 14.3. The first kappa shape index (κ1) is 19.9. The first-order chi connectivity index (χ1) is 12.0. The van der Waals surface area contributed by atoms with E-state index in [0.717, 1.165) is 63.7 Å². The van der Waals surface area contributed by atoms with Crippen LogP contribution in [-0.4, -0.2) is 25.3 Å². The summed E-state index contributed by atoms with van der Waals surface area (Å²) in [7, 11) is 0. The molecule has 1 aliphatic heterocycles. The van der Waals surface area contributed by atoms with E-state index in [2.05, 4.69) is 0 Å². The van der Waals surface area contributed by atoms with Gasteiger partial charge in [-0.3, -0.25) is 4.79 Å². The van der Waals surface area contributed by atoms with Crippen LogP contribution >= 0.6 is 0 Å².